The molecule has 0 radical (unpaired) electrons. The van der Waals surface area contributed by atoms with Gasteiger partial charge in [0.1, 0.15) is 5.69 Å². The molecule has 0 bridgehead atoms. The van der Waals surface area contributed by atoms with E-state index in [0.29, 0.717) is 11.6 Å². The number of carbonyl (C=O) groups is 1. The monoisotopic (exact) mass is 218 g/mol. The van der Waals surface area contributed by atoms with Crippen molar-refractivity contribution in [1.82, 2.24) is 10.2 Å². The number of nitrogens with zero attached hydrogens (tertiary/aromatic N) is 2. The number of rotatable bonds is 3. The topological polar surface area (TPSA) is 52.1 Å². The molecule has 1 aliphatic carbocycles. The van der Waals surface area contributed by atoms with Crippen molar-refractivity contribution in [2.75, 3.05) is 7.11 Å². The minimum absolute atomic E-state index is 0.00477. The molecule has 1 aliphatic rings. The molecule has 0 aliphatic heterocycles. The molecule has 1 aromatic rings. The van der Waals surface area contributed by atoms with Crippen molar-refractivity contribution in [3.8, 4) is 5.88 Å². The Kier molecular flexibility index (Phi) is 3.29. The Balaban J connectivity index is 2.16. The summed E-state index contributed by atoms with van der Waals surface area (Å²) in [6.45, 7) is 0. The Hall–Kier alpha value is -1.71. The second-order valence-electron chi connectivity index (χ2n) is 3.77. The number of Topliss-reactive ketones (excluding diaryl/α,β-unsaturated/α-hetero) is 1. The summed E-state index contributed by atoms with van der Waals surface area (Å²) in [5.74, 6) is 0.420. The fourth-order valence-corrected chi connectivity index (χ4v) is 1.76. The van der Waals surface area contributed by atoms with Crippen molar-refractivity contribution in [3.05, 3.63) is 29.5 Å². The molecule has 0 atom stereocenters. The molecule has 0 aromatic carbocycles. The third kappa shape index (κ3) is 2.27. The average molecular weight is 218 g/mol. The first kappa shape index (κ1) is 10.8. The Labute approximate surface area is 94.3 Å². The highest BCUT2D eigenvalue weighted by molar-refractivity contribution is 6.07. The number of ether oxygens (including phenoxy) is 1. The van der Waals surface area contributed by atoms with E-state index in [1.165, 1.54) is 13.5 Å². The van der Waals surface area contributed by atoms with Crippen LogP contribution >= 0.6 is 0 Å². The molecule has 1 heterocycles. The number of carbonyl (C=O) groups excluding carboxylic acids is 1. The minimum atomic E-state index is -0.00477. The van der Waals surface area contributed by atoms with Crippen LogP contribution in [0.25, 0.3) is 0 Å². The lowest BCUT2D eigenvalue weighted by molar-refractivity contribution is 0.102. The summed E-state index contributed by atoms with van der Waals surface area (Å²) in [6, 6.07) is 3.31. The molecule has 84 valence electrons. The van der Waals surface area contributed by atoms with Crippen LogP contribution in [0.4, 0.5) is 0 Å². The normalized spacial score (nSPS) is 15.4. The third-order valence-electron chi connectivity index (χ3n) is 2.66. The third-order valence-corrected chi connectivity index (χ3v) is 2.66. The van der Waals surface area contributed by atoms with Gasteiger partial charge in [-0.25, -0.2) is 0 Å². The maximum Gasteiger partial charge on any atom is 0.233 e. The van der Waals surface area contributed by atoms with E-state index in [1.807, 2.05) is 6.08 Å². The summed E-state index contributed by atoms with van der Waals surface area (Å²) in [7, 11) is 1.52. The van der Waals surface area contributed by atoms with Gasteiger partial charge < -0.3 is 4.74 Å². The van der Waals surface area contributed by atoms with Gasteiger partial charge >= 0.3 is 0 Å². The first-order valence-corrected chi connectivity index (χ1v) is 5.42. The highest BCUT2D eigenvalue weighted by Gasteiger charge is 2.15. The molecule has 0 N–H and O–H groups in total. The standard InChI is InChI=1S/C12H14N2O2/c1-16-11-8-7-10(13-14-11)12(15)9-5-3-2-4-6-9/h5,7-8H,2-4,6H2,1H3. The highest BCUT2D eigenvalue weighted by Crippen LogP contribution is 2.20. The zero-order valence-corrected chi connectivity index (χ0v) is 9.27. The summed E-state index contributed by atoms with van der Waals surface area (Å²) in [5, 5.41) is 7.65. The average Bonchev–Trinajstić information content (AvgIpc) is 2.39. The van der Waals surface area contributed by atoms with Crippen LogP contribution < -0.4 is 4.74 Å². The smallest absolute Gasteiger partial charge is 0.233 e. The molecule has 1 aromatic heterocycles. The molecular formula is C12H14N2O2. The van der Waals surface area contributed by atoms with Gasteiger partial charge in [-0.05, 0) is 37.3 Å². The van der Waals surface area contributed by atoms with Gasteiger partial charge in [-0.3, -0.25) is 4.79 Å². The lowest BCUT2D eigenvalue weighted by atomic mass is 9.95. The Morgan fingerprint density at radius 3 is 2.75 bits per heavy atom. The predicted octanol–water partition coefficient (Wildman–Crippen LogP) is 2.17. The van der Waals surface area contributed by atoms with Crippen LogP contribution in [0.1, 0.15) is 36.2 Å². The van der Waals surface area contributed by atoms with E-state index in [-0.39, 0.29) is 5.78 Å². The van der Waals surface area contributed by atoms with Gasteiger partial charge in [0.2, 0.25) is 11.7 Å². The Bertz CT molecular complexity index is 410. The first-order chi connectivity index (χ1) is 7.81. The molecular weight excluding hydrogens is 204 g/mol. The molecule has 2 rings (SSSR count). The van der Waals surface area contributed by atoms with Crippen LogP contribution in [0.2, 0.25) is 0 Å². The molecule has 0 spiro atoms. The molecule has 0 amide bonds. The van der Waals surface area contributed by atoms with Crippen LogP contribution in [-0.4, -0.2) is 23.1 Å². The molecule has 0 saturated carbocycles. The van der Waals surface area contributed by atoms with E-state index < -0.39 is 0 Å². The number of ketones is 1. The van der Waals surface area contributed by atoms with Crippen molar-refractivity contribution < 1.29 is 9.53 Å². The van der Waals surface area contributed by atoms with Crippen LogP contribution in [-0.2, 0) is 0 Å². The second kappa shape index (κ2) is 4.88. The molecule has 0 fully saturated rings. The van der Waals surface area contributed by atoms with Gasteiger partial charge in [0.25, 0.3) is 0 Å². The van der Waals surface area contributed by atoms with E-state index in [1.54, 1.807) is 12.1 Å². The quantitative estimate of drug-likeness (QED) is 0.729. The van der Waals surface area contributed by atoms with Crippen LogP contribution in [0, 0.1) is 0 Å². The predicted molar refractivity (Wildman–Crippen MR) is 59.5 cm³/mol. The lowest BCUT2D eigenvalue weighted by Crippen LogP contribution is -2.09. The Morgan fingerprint density at radius 1 is 1.31 bits per heavy atom. The number of allylic oxidation sites excluding steroid dienone is 2. The highest BCUT2D eigenvalue weighted by atomic mass is 16.5. The summed E-state index contributed by atoms with van der Waals surface area (Å²) in [5.41, 5.74) is 1.26. The van der Waals surface area contributed by atoms with E-state index in [9.17, 15) is 4.79 Å². The first-order valence-electron chi connectivity index (χ1n) is 5.42. The number of hydrogen-bond donors (Lipinski definition) is 0. The fourth-order valence-electron chi connectivity index (χ4n) is 1.76. The summed E-state index contributed by atoms with van der Waals surface area (Å²) < 4.78 is 4.89. The van der Waals surface area contributed by atoms with Gasteiger partial charge in [-0.2, -0.15) is 0 Å². The molecule has 0 unspecified atom stereocenters. The zero-order chi connectivity index (χ0) is 11.4. The molecule has 4 heteroatoms. The second-order valence-corrected chi connectivity index (χ2v) is 3.77. The van der Waals surface area contributed by atoms with Gasteiger partial charge in [-0.15, -0.1) is 10.2 Å². The number of hydrogen-bond acceptors (Lipinski definition) is 4. The summed E-state index contributed by atoms with van der Waals surface area (Å²) >= 11 is 0. The molecule has 4 nitrogen and oxygen atoms in total. The van der Waals surface area contributed by atoms with E-state index in [4.69, 9.17) is 4.74 Å². The molecule has 16 heavy (non-hydrogen) atoms. The van der Waals surface area contributed by atoms with Gasteiger partial charge in [0.15, 0.2) is 0 Å². The fraction of sp³-hybridized carbons (Fsp3) is 0.417. The van der Waals surface area contributed by atoms with Gasteiger partial charge in [0.05, 0.1) is 7.11 Å². The number of methoxy groups -OCH3 is 1. The van der Waals surface area contributed by atoms with Crippen molar-refractivity contribution in [1.29, 1.82) is 0 Å². The largest absolute Gasteiger partial charge is 0.480 e. The van der Waals surface area contributed by atoms with Crippen LogP contribution in [0.3, 0.4) is 0 Å². The van der Waals surface area contributed by atoms with Crippen molar-refractivity contribution >= 4 is 5.78 Å². The van der Waals surface area contributed by atoms with Gasteiger partial charge in [0, 0.05) is 6.07 Å². The summed E-state index contributed by atoms with van der Waals surface area (Å²) in [6.07, 6.45) is 6.11. The number of aromatic nitrogens is 2. The van der Waals surface area contributed by atoms with Crippen LogP contribution in [0.15, 0.2) is 23.8 Å². The maximum absolute atomic E-state index is 12.0. The lowest BCUT2D eigenvalue weighted by Gasteiger charge is -2.10. The van der Waals surface area contributed by atoms with Crippen LogP contribution in [0.5, 0.6) is 5.88 Å². The van der Waals surface area contributed by atoms with E-state index in [0.717, 1.165) is 24.8 Å². The Morgan fingerprint density at radius 2 is 2.19 bits per heavy atom. The van der Waals surface area contributed by atoms with Crippen molar-refractivity contribution in [2.45, 2.75) is 25.7 Å². The zero-order valence-electron chi connectivity index (χ0n) is 9.27. The van der Waals surface area contributed by atoms with Crippen molar-refractivity contribution in [2.24, 2.45) is 0 Å². The van der Waals surface area contributed by atoms with E-state index >= 15 is 0 Å². The SMILES string of the molecule is COc1ccc(C(=O)C2=CCCCC2)nn1. The van der Waals surface area contributed by atoms with Gasteiger partial charge in [-0.1, -0.05) is 6.08 Å². The summed E-state index contributed by atoms with van der Waals surface area (Å²) in [4.78, 5) is 12.0. The van der Waals surface area contributed by atoms with Crippen molar-refractivity contribution in [3.63, 3.8) is 0 Å². The van der Waals surface area contributed by atoms with E-state index in [2.05, 4.69) is 10.2 Å². The maximum atomic E-state index is 12.0. The molecule has 0 saturated heterocycles. The minimum Gasteiger partial charge on any atom is -0.480 e.